The van der Waals surface area contributed by atoms with Crippen LogP contribution >= 0.6 is 0 Å². The maximum Gasteiger partial charge on any atom is 0.104 e. The molecule has 2 aliphatic heterocycles. The minimum atomic E-state index is 0. The number of benzene rings is 2. The predicted molar refractivity (Wildman–Crippen MR) is 135 cm³/mol. The minimum absolute atomic E-state index is 0. The van der Waals surface area contributed by atoms with Crippen LogP contribution in [-0.4, -0.2) is 60.2 Å². The summed E-state index contributed by atoms with van der Waals surface area (Å²) in [7, 11) is 4.94. The van der Waals surface area contributed by atoms with Crippen molar-refractivity contribution in [2.45, 2.75) is 58.0 Å². The maximum absolute atomic E-state index is 2.47. The van der Waals surface area contributed by atoms with Crippen molar-refractivity contribution < 1.29 is 19.9 Å². The van der Waals surface area contributed by atoms with Gasteiger partial charge in [-0.25, -0.2) is 0 Å². The van der Waals surface area contributed by atoms with Crippen LogP contribution in [0.25, 0.3) is 0 Å². The lowest BCUT2D eigenvalue weighted by Gasteiger charge is -2.41. The van der Waals surface area contributed by atoms with E-state index in [9.17, 15) is 0 Å². The minimum Gasteiger partial charge on any atom is -0.870 e. The predicted octanol–water partition coefficient (Wildman–Crippen LogP) is 5.92. The largest absolute Gasteiger partial charge is 0.870 e. The van der Waals surface area contributed by atoms with Crippen LogP contribution in [0.1, 0.15) is 56.1 Å². The summed E-state index contributed by atoms with van der Waals surface area (Å²) in [4.78, 5) is 0. The first-order valence-corrected chi connectivity index (χ1v) is 12.8. The molecule has 2 aliphatic rings. The maximum atomic E-state index is 2.47. The SMILES string of the molecule is C[N+]1(Cc2ccccc2)CCC(CCCC2CC[N+](C)(Cc3ccccc3)CC2)CC1.[OH-].[OH-]. The van der Waals surface area contributed by atoms with Crippen LogP contribution in [-0.2, 0) is 13.1 Å². The summed E-state index contributed by atoms with van der Waals surface area (Å²) in [5.41, 5.74) is 3.00. The number of likely N-dealkylation sites (tertiary alicyclic amines) is 2. The average Bonchev–Trinajstić information content (AvgIpc) is 2.78. The Morgan fingerprint density at radius 1 is 0.576 bits per heavy atom. The summed E-state index contributed by atoms with van der Waals surface area (Å²) in [6, 6.07) is 22.2. The Balaban J connectivity index is 0.00000193. The molecule has 4 rings (SSSR count). The third kappa shape index (κ3) is 8.22. The van der Waals surface area contributed by atoms with E-state index in [-0.39, 0.29) is 11.0 Å². The molecule has 0 aromatic heterocycles. The summed E-state index contributed by atoms with van der Waals surface area (Å²) < 4.78 is 2.47. The Labute approximate surface area is 202 Å². The zero-order valence-corrected chi connectivity index (χ0v) is 20.9. The molecule has 0 amide bonds. The van der Waals surface area contributed by atoms with E-state index in [1.165, 1.54) is 104 Å². The molecular formula is C29H46N2O2. The van der Waals surface area contributed by atoms with Gasteiger partial charge in [-0.15, -0.1) is 0 Å². The van der Waals surface area contributed by atoms with Crippen LogP contribution in [0.4, 0.5) is 0 Å². The summed E-state index contributed by atoms with van der Waals surface area (Å²) in [6.45, 7) is 7.85. The molecular weight excluding hydrogens is 408 g/mol. The quantitative estimate of drug-likeness (QED) is 0.465. The molecule has 4 heteroatoms. The van der Waals surface area contributed by atoms with Crippen LogP contribution in [0.15, 0.2) is 60.7 Å². The molecule has 0 saturated carbocycles. The fourth-order valence-corrected chi connectivity index (χ4v) is 6.13. The van der Waals surface area contributed by atoms with E-state index in [1.54, 1.807) is 0 Å². The van der Waals surface area contributed by atoms with E-state index >= 15 is 0 Å². The topological polar surface area (TPSA) is 60.0 Å². The number of quaternary nitrogens is 2. The fraction of sp³-hybridized carbons (Fsp3) is 0.586. The first-order valence-electron chi connectivity index (χ1n) is 12.8. The van der Waals surface area contributed by atoms with E-state index in [0.717, 1.165) is 11.8 Å². The van der Waals surface area contributed by atoms with Gasteiger partial charge in [0.05, 0.1) is 40.3 Å². The summed E-state index contributed by atoms with van der Waals surface area (Å²) in [5, 5.41) is 0. The molecule has 0 radical (unpaired) electrons. The number of hydrogen-bond acceptors (Lipinski definition) is 2. The molecule has 2 N–H and O–H groups in total. The Bertz CT molecular complexity index is 712. The monoisotopic (exact) mass is 454 g/mol. The number of piperidine rings is 2. The van der Waals surface area contributed by atoms with E-state index in [0.29, 0.717) is 0 Å². The molecule has 0 aliphatic carbocycles. The van der Waals surface area contributed by atoms with Crippen molar-refractivity contribution >= 4 is 0 Å². The van der Waals surface area contributed by atoms with E-state index < -0.39 is 0 Å². The van der Waals surface area contributed by atoms with Crippen LogP contribution in [0.5, 0.6) is 0 Å². The second-order valence-electron chi connectivity index (χ2n) is 11.2. The van der Waals surface area contributed by atoms with Crippen LogP contribution in [0, 0.1) is 11.8 Å². The zero-order valence-electron chi connectivity index (χ0n) is 20.9. The smallest absolute Gasteiger partial charge is 0.104 e. The Morgan fingerprint density at radius 3 is 1.24 bits per heavy atom. The zero-order chi connectivity index (χ0) is 21.6. The van der Waals surface area contributed by atoms with Crippen LogP contribution in [0.3, 0.4) is 0 Å². The van der Waals surface area contributed by atoms with Crippen molar-refractivity contribution in [2.24, 2.45) is 11.8 Å². The van der Waals surface area contributed by atoms with Gasteiger partial charge in [-0.1, -0.05) is 79.9 Å². The molecule has 2 fully saturated rings. The second-order valence-corrected chi connectivity index (χ2v) is 11.2. The molecule has 2 saturated heterocycles. The molecule has 2 heterocycles. The third-order valence-corrected chi connectivity index (χ3v) is 8.35. The van der Waals surface area contributed by atoms with Gasteiger partial charge in [-0.2, -0.15) is 0 Å². The van der Waals surface area contributed by atoms with Gasteiger partial charge in [0.1, 0.15) is 13.1 Å². The van der Waals surface area contributed by atoms with Gasteiger partial charge < -0.3 is 19.9 Å². The molecule has 0 unspecified atom stereocenters. The summed E-state index contributed by atoms with van der Waals surface area (Å²) in [5.74, 6) is 1.95. The van der Waals surface area contributed by atoms with Crippen molar-refractivity contribution in [3.05, 3.63) is 71.8 Å². The standard InChI is InChI=1S/C29H44N2.2H2O/c1-30(24-28-10-5-3-6-11-28)20-16-26(17-21-30)14-9-15-27-18-22-31(2,23-19-27)25-29-12-7-4-8-13-29;;/h3-8,10-13,26-27H,9,14-25H2,1-2H3;2*1H2/q+2;;/p-2. The number of nitrogens with zero attached hydrogens (tertiary/aromatic N) is 2. The highest BCUT2D eigenvalue weighted by Gasteiger charge is 2.32. The summed E-state index contributed by atoms with van der Waals surface area (Å²) >= 11 is 0. The van der Waals surface area contributed by atoms with Crippen LogP contribution in [0.2, 0.25) is 0 Å². The molecule has 2 aromatic carbocycles. The van der Waals surface area contributed by atoms with Crippen molar-refractivity contribution in [3.8, 4) is 0 Å². The fourth-order valence-electron chi connectivity index (χ4n) is 6.13. The lowest BCUT2D eigenvalue weighted by molar-refractivity contribution is -0.928. The highest BCUT2D eigenvalue weighted by Crippen LogP contribution is 2.31. The molecule has 33 heavy (non-hydrogen) atoms. The van der Waals surface area contributed by atoms with E-state index in [1.807, 2.05) is 0 Å². The second kappa shape index (κ2) is 12.7. The Kier molecular flexibility index (Phi) is 10.6. The van der Waals surface area contributed by atoms with Gasteiger partial charge in [-0.05, 0) is 37.5 Å². The van der Waals surface area contributed by atoms with Crippen LogP contribution < -0.4 is 0 Å². The molecule has 2 aromatic rings. The normalized spacial score (nSPS) is 29.5. The van der Waals surface area contributed by atoms with Gasteiger partial charge in [0.15, 0.2) is 0 Å². The van der Waals surface area contributed by atoms with Crippen molar-refractivity contribution in [3.63, 3.8) is 0 Å². The van der Waals surface area contributed by atoms with Gasteiger partial charge in [-0.3, -0.25) is 0 Å². The molecule has 0 atom stereocenters. The average molecular weight is 455 g/mol. The first-order chi connectivity index (χ1) is 15.0. The number of rotatable bonds is 8. The molecule has 184 valence electrons. The summed E-state index contributed by atoms with van der Waals surface area (Å²) in [6.07, 6.45) is 10.1. The molecule has 0 bridgehead atoms. The lowest BCUT2D eigenvalue weighted by atomic mass is 9.85. The van der Waals surface area contributed by atoms with Gasteiger partial charge in [0, 0.05) is 11.1 Å². The first kappa shape index (κ1) is 27.5. The van der Waals surface area contributed by atoms with E-state index in [4.69, 9.17) is 0 Å². The highest BCUT2D eigenvalue weighted by molar-refractivity contribution is 5.14. The lowest BCUT2D eigenvalue weighted by Crippen LogP contribution is -2.49. The number of hydrogen-bond donors (Lipinski definition) is 0. The Hall–Kier alpha value is -1.72. The molecule has 0 spiro atoms. The van der Waals surface area contributed by atoms with E-state index in [2.05, 4.69) is 74.8 Å². The van der Waals surface area contributed by atoms with Gasteiger partial charge in [0.25, 0.3) is 0 Å². The highest BCUT2D eigenvalue weighted by atomic mass is 16.0. The molecule has 4 nitrogen and oxygen atoms in total. The van der Waals surface area contributed by atoms with Gasteiger partial charge >= 0.3 is 0 Å². The van der Waals surface area contributed by atoms with Crippen molar-refractivity contribution in [2.75, 3.05) is 40.3 Å². The third-order valence-electron chi connectivity index (χ3n) is 8.35. The Morgan fingerprint density at radius 2 is 0.909 bits per heavy atom. The van der Waals surface area contributed by atoms with Gasteiger partial charge in [0.2, 0.25) is 0 Å². The van der Waals surface area contributed by atoms with Crippen molar-refractivity contribution in [1.29, 1.82) is 0 Å². The van der Waals surface area contributed by atoms with Crippen molar-refractivity contribution in [1.82, 2.24) is 0 Å².